The van der Waals surface area contributed by atoms with E-state index in [4.69, 9.17) is 5.53 Å². The molecule has 1 fully saturated rings. The van der Waals surface area contributed by atoms with Crippen LogP contribution in [0, 0.1) is 22.7 Å². The van der Waals surface area contributed by atoms with Crippen LogP contribution in [0.3, 0.4) is 0 Å². The monoisotopic (exact) mass is 277 g/mol. The molecule has 0 heterocycles. The zero-order chi connectivity index (χ0) is 15.1. The van der Waals surface area contributed by atoms with Crippen LogP contribution in [0.25, 0.3) is 10.4 Å². The normalized spacial score (nSPS) is 26.6. The van der Waals surface area contributed by atoms with Crippen molar-refractivity contribution in [3.8, 4) is 6.07 Å². The summed E-state index contributed by atoms with van der Waals surface area (Å²) in [6.45, 7) is 8.17. The van der Waals surface area contributed by atoms with Crippen LogP contribution in [0.15, 0.2) is 5.11 Å². The summed E-state index contributed by atoms with van der Waals surface area (Å²) in [7, 11) is 0. The fourth-order valence-corrected chi connectivity index (χ4v) is 3.03. The van der Waals surface area contributed by atoms with Crippen LogP contribution in [-0.2, 0) is 0 Å². The Morgan fingerprint density at radius 3 is 2.60 bits per heavy atom. The highest BCUT2D eigenvalue weighted by atomic mass is 15.1. The van der Waals surface area contributed by atoms with Crippen molar-refractivity contribution >= 4 is 0 Å². The van der Waals surface area contributed by atoms with Gasteiger partial charge in [0.15, 0.2) is 0 Å². The first-order chi connectivity index (χ1) is 9.49. The van der Waals surface area contributed by atoms with Gasteiger partial charge in [-0.05, 0) is 55.5 Å². The lowest BCUT2D eigenvalue weighted by molar-refractivity contribution is 0.119. The van der Waals surface area contributed by atoms with E-state index in [0.717, 1.165) is 44.6 Å². The second-order valence-electron chi connectivity index (χ2n) is 6.55. The van der Waals surface area contributed by atoms with Gasteiger partial charge in [0.05, 0.1) is 6.07 Å². The van der Waals surface area contributed by atoms with Crippen LogP contribution >= 0.6 is 0 Å². The van der Waals surface area contributed by atoms with Gasteiger partial charge in [-0.3, -0.25) is 5.32 Å². The Morgan fingerprint density at radius 1 is 1.45 bits per heavy atom. The van der Waals surface area contributed by atoms with E-state index in [1.807, 2.05) is 0 Å². The summed E-state index contributed by atoms with van der Waals surface area (Å²) < 4.78 is 0. The lowest BCUT2D eigenvalue weighted by Crippen LogP contribution is -2.48. The van der Waals surface area contributed by atoms with Crippen LogP contribution in [0.4, 0.5) is 0 Å². The fourth-order valence-electron chi connectivity index (χ4n) is 3.03. The molecular weight excluding hydrogens is 250 g/mol. The number of nitrogens with zero attached hydrogens (tertiary/aromatic N) is 4. The summed E-state index contributed by atoms with van der Waals surface area (Å²) in [5, 5.41) is 16.4. The van der Waals surface area contributed by atoms with E-state index in [1.54, 1.807) is 0 Å². The van der Waals surface area contributed by atoms with Crippen LogP contribution in [-0.4, -0.2) is 18.6 Å². The van der Waals surface area contributed by atoms with Crippen molar-refractivity contribution in [2.75, 3.05) is 13.1 Å². The van der Waals surface area contributed by atoms with Gasteiger partial charge < -0.3 is 0 Å². The molecule has 0 saturated heterocycles. The number of hydrogen-bond donors (Lipinski definition) is 1. The highest BCUT2D eigenvalue weighted by molar-refractivity contribution is 5.10. The summed E-state index contributed by atoms with van der Waals surface area (Å²) in [5.41, 5.74) is 8.24. The summed E-state index contributed by atoms with van der Waals surface area (Å²) in [6, 6.07) is 2.48. The van der Waals surface area contributed by atoms with Crippen LogP contribution in [0.2, 0.25) is 0 Å². The van der Waals surface area contributed by atoms with Gasteiger partial charge in [0.1, 0.15) is 5.54 Å². The minimum Gasteiger partial charge on any atom is -0.299 e. The molecule has 0 aromatic carbocycles. The summed E-state index contributed by atoms with van der Waals surface area (Å²) >= 11 is 0. The predicted octanol–water partition coefficient (Wildman–Crippen LogP) is 4.17. The highest BCUT2D eigenvalue weighted by Crippen LogP contribution is 2.43. The van der Waals surface area contributed by atoms with Crippen molar-refractivity contribution in [1.82, 2.24) is 5.32 Å². The van der Waals surface area contributed by atoms with Gasteiger partial charge in [0.25, 0.3) is 0 Å². The molecule has 0 aromatic rings. The van der Waals surface area contributed by atoms with Crippen LogP contribution < -0.4 is 5.32 Å². The van der Waals surface area contributed by atoms with Gasteiger partial charge in [-0.1, -0.05) is 32.3 Å². The molecule has 0 spiro atoms. The first-order valence-electron chi connectivity index (χ1n) is 7.67. The molecule has 0 aromatic heterocycles. The molecule has 20 heavy (non-hydrogen) atoms. The topological polar surface area (TPSA) is 84.6 Å². The summed E-state index contributed by atoms with van der Waals surface area (Å²) in [6.07, 6.45) is 6.09. The van der Waals surface area contributed by atoms with Crippen molar-refractivity contribution in [1.29, 1.82) is 5.26 Å². The Hall–Kier alpha value is -1.24. The predicted molar refractivity (Wildman–Crippen MR) is 81.0 cm³/mol. The zero-order valence-corrected chi connectivity index (χ0v) is 13.0. The molecule has 0 bridgehead atoms. The molecule has 0 amide bonds. The molecular formula is C15H27N5. The molecule has 0 atom stereocenters. The maximum Gasteiger partial charge on any atom is 0.106 e. The van der Waals surface area contributed by atoms with E-state index >= 15 is 0 Å². The lowest BCUT2D eigenvalue weighted by Gasteiger charge is -2.42. The molecule has 1 aliphatic carbocycles. The third kappa shape index (κ3) is 4.40. The van der Waals surface area contributed by atoms with E-state index in [-0.39, 0.29) is 5.54 Å². The molecule has 0 aliphatic heterocycles. The molecule has 1 aliphatic rings. The van der Waals surface area contributed by atoms with E-state index in [9.17, 15) is 5.26 Å². The Labute approximate surface area is 122 Å². The number of hydrogen-bond acceptors (Lipinski definition) is 3. The molecule has 1 rings (SSSR count). The minimum atomic E-state index is -0.364. The standard InChI is InChI=1S/C15H27N5/c1-4-14(2,3)13-6-8-15(12-16,9-7-13)18-10-5-11-19-20-17/h13,18H,4-11H2,1-3H3. The second-order valence-corrected chi connectivity index (χ2v) is 6.55. The molecule has 5 nitrogen and oxygen atoms in total. The van der Waals surface area contributed by atoms with Crippen molar-refractivity contribution < 1.29 is 0 Å². The Balaban J connectivity index is 2.46. The number of nitrogens with one attached hydrogen (secondary N) is 1. The molecule has 0 radical (unpaired) electrons. The Kier molecular flexibility index (Phi) is 6.32. The van der Waals surface area contributed by atoms with Crippen LogP contribution in [0.5, 0.6) is 0 Å². The van der Waals surface area contributed by atoms with Crippen molar-refractivity contribution in [2.24, 2.45) is 16.4 Å². The third-order valence-corrected chi connectivity index (χ3v) is 5.03. The van der Waals surface area contributed by atoms with Gasteiger partial charge in [-0.2, -0.15) is 5.26 Å². The van der Waals surface area contributed by atoms with E-state index in [2.05, 4.69) is 42.2 Å². The minimum absolute atomic E-state index is 0.364. The van der Waals surface area contributed by atoms with E-state index < -0.39 is 0 Å². The van der Waals surface area contributed by atoms with Gasteiger partial charge >= 0.3 is 0 Å². The summed E-state index contributed by atoms with van der Waals surface area (Å²) in [5.74, 6) is 0.721. The highest BCUT2D eigenvalue weighted by Gasteiger charge is 2.39. The second kappa shape index (κ2) is 7.52. The lowest BCUT2D eigenvalue weighted by atomic mass is 9.66. The van der Waals surface area contributed by atoms with E-state index in [0.29, 0.717) is 12.0 Å². The average molecular weight is 277 g/mol. The fraction of sp³-hybridized carbons (Fsp3) is 0.933. The van der Waals surface area contributed by atoms with E-state index in [1.165, 1.54) is 6.42 Å². The first kappa shape index (κ1) is 16.8. The molecule has 1 saturated carbocycles. The quantitative estimate of drug-likeness (QED) is 0.328. The molecule has 1 N–H and O–H groups in total. The van der Waals surface area contributed by atoms with Gasteiger partial charge in [-0.25, -0.2) is 0 Å². The van der Waals surface area contributed by atoms with Crippen molar-refractivity contribution in [2.45, 2.75) is 64.8 Å². The molecule has 5 heteroatoms. The molecule has 0 unspecified atom stereocenters. The largest absolute Gasteiger partial charge is 0.299 e. The number of rotatable bonds is 7. The van der Waals surface area contributed by atoms with Gasteiger partial charge in [0, 0.05) is 11.5 Å². The maximum atomic E-state index is 9.50. The smallest absolute Gasteiger partial charge is 0.106 e. The Bertz CT molecular complexity index is 382. The Morgan fingerprint density at radius 2 is 2.10 bits per heavy atom. The summed E-state index contributed by atoms with van der Waals surface area (Å²) in [4.78, 5) is 2.74. The SMILES string of the molecule is CCC(C)(C)C1CCC(C#N)(NCCCN=[N+]=[N-])CC1. The van der Waals surface area contributed by atoms with Gasteiger partial charge in [0.2, 0.25) is 0 Å². The average Bonchev–Trinajstić information content (AvgIpc) is 2.47. The van der Waals surface area contributed by atoms with Crippen molar-refractivity contribution in [3.05, 3.63) is 10.4 Å². The third-order valence-electron chi connectivity index (χ3n) is 5.03. The van der Waals surface area contributed by atoms with Gasteiger partial charge in [-0.15, -0.1) is 0 Å². The number of azide groups is 1. The zero-order valence-electron chi connectivity index (χ0n) is 13.0. The van der Waals surface area contributed by atoms with Crippen molar-refractivity contribution in [3.63, 3.8) is 0 Å². The maximum absolute atomic E-state index is 9.50. The first-order valence-corrected chi connectivity index (χ1v) is 7.67. The number of nitriles is 1. The molecule has 112 valence electrons. The van der Waals surface area contributed by atoms with Crippen LogP contribution in [0.1, 0.15) is 59.3 Å².